The molecule has 6 heteroatoms. The maximum Gasteiger partial charge on any atom is 0.204 e. The minimum atomic E-state index is -0.510. The van der Waals surface area contributed by atoms with Crippen LogP contribution in [-0.2, 0) is 4.79 Å². The molecule has 142 valence electrons. The maximum atomic E-state index is 11.8. The largest absolute Gasteiger partial charge is 0.496 e. The number of alkyl halides is 1. The molecule has 1 unspecified atom stereocenters. The monoisotopic (exact) mass is 432 g/mol. The van der Waals surface area contributed by atoms with Crippen LogP contribution in [-0.4, -0.2) is 32.4 Å². The standard InChI is InChI=1S/C21H21BrO5/c1-24-17-12-18(26-10-6-9-22)20(25-2)21-19(17)15(13-23)11-16(27-21)14-7-4-3-5-8-14/h3-5,7-8,11-13,15H,6,9-10H2,1-2H3. The first-order valence-electron chi connectivity index (χ1n) is 8.61. The Hall–Kier alpha value is -2.47. The van der Waals surface area contributed by atoms with E-state index in [0.717, 1.165) is 23.6 Å². The van der Waals surface area contributed by atoms with Crippen molar-refractivity contribution in [3.8, 4) is 23.0 Å². The number of hydrogen-bond donors (Lipinski definition) is 0. The lowest BCUT2D eigenvalue weighted by atomic mass is 9.93. The first-order valence-corrected chi connectivity index (χ1v) is 9.73. The second kappa shape index (κ2) is 8.95. The number of rotatable bonds is 8. The molecule has 0 aliphatic carbocycles. The van der Waals surface area contributed by atoms with E-state index in [1.807, 2.05) is 30.3 Å². The molecule has 0 fully saturated rings. The highest BCUT2D eigenvalue weighted by Gasteiger charge is 2.31. The van der Waals surface area contributed by atoms with E-state index in [1.165, 1.54) is 0 Å². The summed E-state index contributed by atoms with van der Waals surface area (Å²) in [6, 6.07) is 11.4. The number of fused-ring (bicyclic) bond motifs is 1. The first-order chi connectivity index (χ1) is 13.2. The fourth-order valence-electron chi connectivity index (χ4n) is 2.99. The van der Waals surface area contributed by atoms with Crippen LogP contribution in [0.15, 0.2) is 42.5 Å². The van der Waals surface area contributed by atoms with Crippen molar-refractivity contribution in [1.82, 2.24) is 0 Å². The normalized spacial score (nSPS) is 15.2. The molecule has 0 radical (unpaired) electrons. The van der Waals surface area contributed by atoms with Crippen molar-refractivity contribution < 1.29 is 23.7 Å². The van der Waals surface area contributed by atoms with Crippen molar-refractivity contribution in [2.24, 2.45) is 0 Å². The van der Waals surface area contributed by atoms with E-state index in [-0.39, 0.29) is 0 Å². The van der Waals surface area contributed by atoms with Crippen LogP contribution >= 0.6 is 15.9 Å². The molecule has 3 rings (SSSR count). The van der Waals surface area contributed by atoms with Crippen LogP contribution in [0.25, 0.3) is 5.76 Å². The second-order valence-corrected chi connectivity index (χ2v) is 6.70. The lowest BCUT2D eigenvalue weighted by Crippen LogP contribution is -2.13. The van der Waals surface area contributed by atoms with E-state index in [1.54, 1.807) is 26.4 Å². The molecule has 0 saturated heterocycles. The molecule has 0 N–H and O–H groups in total. The van der Waals surface area contributed by atoms with Gasteiger partial charge in [-0.1, -0.05) is 46.3 Å². The van der Waals surface area contributed by atoms with E-state index in [9.17, 15) is 4.79 Å². The molecule has 1 atom stereocenters. The van der Waals surface area contributed by atoms with Crippen molar-refractivity contribution in [3.63, 3.8) is 0 Å². The van der Waals surface area contributed by atoms with Crippen molar-refractivity contribution in [3.05, 3.63) is 53.6 Å². The van der Waals surface area contributed by atoms with Crippen molar-refractivity contribution in [1.29, 1.82) is 0 Å². The third kappa shape index (κ3) is 3.95. The lowest BCUT2D eigenvalue weighted by Gasteiger charge is -2.27. The number of halogens is 1. The lowest BCUT2D eigenvalue weighted by molar-refractivity contribution is -0.108. The molecule has 0 bridgehead atoms. The summed E-state index contributed by atoms with van der Waals surface area (Å²) in [6.07, 6.45) is 3.51. The molecule has 5 nitrogen and oxygen atoms in total. The van der Waals surface area contributed by atoms with Gasteiger partial charge >= 0.3 is 0 Å². The zero-order valence-electron chi connectivity index (χ0n) is 15.2. The highest BCUT2D eigenvalue weighted by Crippen LogP contribution is 2.51. The fraction of sp³-hybridized carbons (Fsp3) is 0.286. The zero-order chi connectivity index (χ0) is 19.2. The number of hydrogen-bond acceptors (Lipinski definition) is 5. The number of methoxy groups -OCH3 is 2. The number of carbonyl (C=O) groups excluding carboxylic acids is 1. The number of benzene rings is 2. The van der Waals surface area contributed by atoms with Gasteiger partial charge < -0.3 is 23.7 Å². The summed E-state index contributed by atoms with van der Waals surface area (Å²) < 4.78 is 23.1. The number of allylic oxidation sites excluding steroid dienone is 1. The summed E-state index contributed by atoms with van der Waals surface area (Å²) >= 11 is 3.39. The highest BCUT2D eigenvalue weighted by atomic mass is 79.9. The average Bonchev–Trinajstić information content (AvgIpc) is 2.72. The van der Waals surface area contributed by atoms with Crippen LogP contribution in [0.3, 0.4) is 0 Å². The first kappa shape index (κ1) is 19.3. The summed E-state index contributed by atoms with van der Waals surface area (Å²) in [5.74, 6) is 2.04. The maximum absolute atomic E-state index is 11.8. The van der Waals surface area contributed by atoms with E-state index in [2.05, 4.69) is 15.9 Å². The summed E-state index contributed by atoms with van der Waals surface area (Å²) in [5, 5.41) is 0.835. The van der Waals surface area contributed by atoms with Gasteiger partial charge in [-0.05, 0) is 12.5 Å². The quantitative estimate of drug-likeness (QED) is 0.347. The Morgan fingerprint density at radius 1 is 1.15 bits per heavy atom. The van der Waals surface area contributed by atoms with Gasteiger partial charge in [-0.2, -0.15) is 0 Å². The number of aldehydes is 1. The third-order valence-electron chi connectivity index (χ3n) is 4.24. The second-order valence-electron chi connectivity index (χ2n) is 5.90. The van der Waals surface area contributed by atoms with Gasteiger partial charge in [-0.15, -0.1) is 0 Å². The molecular weight excluding hydrogens is 412 g/mol. The van der Waals surface area contributed by atoms with Gasteiger partial charge in [0.25, 0.3) is 0 Å². The Morgan fingerprint density at radius 3 is 2.56 bits per heavy atom. The molecular formula is C21H21BrO5. The van der Waals surface area contributed by atoms with E-state index >= 15 is 0 Å². The minimum absolute atomic E-state index is 0.448. The average molecular weight is 433 g/mol. The van der Waals surface area contributed by atoms with Crippen molar-refractivity contribution >= 4 is 28.0 Å². The highest BCUT2D eigenvalue weighted by molar-refractivity contribution is 9.09. The van der Waals surface area contributed by atoms with Crippen molar-refractivity contribution in [2.75, 3.05) is 26.2 Å². The topological polar surface area (TPSA) is 54.0 Å². The van der Waals surface area contributed by atoms with Crippen LogP contribution in [0.4, 0.5) is 0 Å². The minimum Gasteiger partial charge on any atom is -0.496 e. The molecule has 0 saturated carbocycles. The third-order valence-corrected chi connectivity index (χ3v) is 4.80. The van der Waals surface area contributed by atoms with E-state index in [4.69, 9.17) is 18.9 Å². The van der Waals surface area contributed by atoms with E-state index in [0.29, 0.717) is 40.9 Å². The smallest absolute Gasteiger partial charge is 0.204 e. The Bertz CT molecular complexity index is 832. The molecule has 2 aromatic rings. The molecule has 0 spiro atoms. The number of carbonyl (C=O) groups is 1. The Labute approximate surface area is 167 Å². The SMILES string of the molecule is COc1cc(OCCCBr)c(OC)c2c1C(C=O)C=C(c1ccccc1)O2. The molecule has 27 heavy (non-hydrogen) atoms. The van der Waals surface area contributed by atoms with E-state index < -0.39 is 5.92 Å². The molecule has 1 aliphatic rings. The molecule has 1 heterocycles. The van der Waals surface area contributed by atoms with Crippen LogP contribution in [0, 0.1) is 0 Å². The molecule has 1 aliphatic heterocycles. The van der Waals surface area contributed by atoms with Crippen LogP contribution in [0.5, 0.6) is 23.0 Å². The Balaban J connectivity index is 2.10. The summed E-state index contributed by atoms with van der Waals surface area (Å²) in [7, 11) is 3.11. The molecule has 0 aromatic heterocycles. The predicted octanol–water partition coefficient (Wildman–Crippen LogP) is 4.58. The fourth-order valence-corrected chi connectivity index (χ4v) is 3.22. The predicted molar refractivity (Wildman–Crippen MR) is 107 cm³/mol. The van der Waals surface area contributed by atoms with Crippen LogP contribution < -0.4 is 18.9 Å². The van der Waals surface area contributed by atoms with Gasteiger partial charge in [-0.25, -0.2) is 0 Å². The zero-order valence-corrected chi connectivity index (χ0v) is 16.8. The van der Waals surface area contributed by atoms with Gasteiger partial charge in [0.2, 0.25) is 5.75 Å². The Kier molecular flexibility index (Phi) is 6.40. The van der Waals surface area contributed by atoms with Crippen molar-refractivity contribution in [2.45, 2.75) is 12.3 Å². The molecule has 0 amide bonds. The summed E-state index contributed by atoms with van der Waals surface area (Å²) in [4.78, 5) is 11.8. The van der Waals surface area contributed by atoms with Gasteiger partial charge in [0.15, 0.2) is 11.5 Å². The van der Waals surface area contributed by atoms with Gasteiger partial charge in [0.05, 0.1) is 32.3 Å². The summed E-state index contributed by atoms with van der Waals surface area (Å²) in [6.45, 7) is 0.516. The number of ether oxygens (including phenoxy) is 4. The van der Waals surface area contributed by atoms with Gasteiger partial charge in [0.1, 0.15) is 17.8 Å². The summed E-state index contributed by atoms with van der Waals surface area (Å²) in [5.41, 5.74) is 1.51. The van der Waals surface area contributed by atoms with Gasteiger partial charge in [-0.3, -0.25) is 0 Å². The Morgan fingerprint density at radius 2 is 1.93 bits per heavy atom. The van der Waals surface area contributed by atoms with Gasteiger partial charge in [0, 0.05) is 17.0 Å². The molecule has 2 aromatic carbocycles. The van der Waals surface area contributed by atoms with Crippen LogP contribution in [0.1, 0.15) is 23.5 Å². The van der Waals surface area contributed by atoms with Crippen LogP contribution in [0.2, 0.25) is 0 Å².